The number of hydrogen-bond donors (Lipinski definition) is 3. The molecular formula is C19H19N5OS2. The Bertz CT molecular complexity index is 1150. The van der Waals surface area contributed by atoms with E-state index in [1.807, 2.05) is 24.3 Å². The van der Waals surface area contributed by atoms with Crippen molar-refractivity contribution >= 4 is 32.9 Å². The number of fused-ring (bicyclic) bond motifs is 1. The zero-order chi connectivity index (χ0) is 18.4. The highest BCUT2D eigenvalue weighted by molar-refractivity contribution is 7.22. The summed E-state index contributed by atoms with van der Waals surface area (Å²) in [6.45, 7) is 3.45. The van der Waals surface area contributed by atoms with Crippen LogP contribution in [0.15, 0.2) is 34.6 Å². The lowest BCUT2D eigenvalue weighted by atomic mass is 10.1. The Labute approximate surface area is 163 Å². The molecule has 0 spiro atoms. The smallest absolute Gasteiger partial charge is 0.268 e. The summed E-state index contributed by atoms with van der Waals surface area (Å²) in [6.07, 6.45) is 4.24. The van der Waals surface area contributed by atoms with Crippen LogP contribution < -0.4 is 10.9 Å². The molecule has 0 bridgehead atoms. The number of aromatic nitrogens is 4. The van der Waals surface area contributed by atoms with Crippen molar-refractivity contribution in [2.24, 2.45) is 0 Å². The van der Waals surface area contributed by atoms with Crippen molar-refractivity contribution in [2.75, 3.05) is 6.54 Å². The van der Waals surface area contributed by atoms with Crippen LogP contribution in [0.1, 0.15) is 29.2 Å². The van der Waals surface area contributed by atoms with Gasteiger partial charge in [0.15, 0.2) is 0 Å². The van der Waals surface area contributed by atoms with Crippen molar-refractivity contribution in [3.8, 4) is 10.4 Å². The number of aromatic amines is 2. The van der Waals surface area contributed by atoms with Gasteiger partial charge in [-0.3, -0.25) is 9.89 Å². The van der Waals surface area contributed by atoms with E-state index in [1.165, 1.54) is 29.1 Å². The van der Waals surface area contributed by atoms with Crippen molar-refractivity contribution in [3.63, 3.8) is 0 Å². The molecule has 0 amide bonds. The fourth-order valence-corrected chi connectivity index (χ4v) is 5.51. The monoisotopic (exact) mass is 397 g/mol. The van der Waals surface area contributed by atoms with E-state index in [4.69, 9.17) is 0 Å². The van der Waals surface area contributed by atoms with Gasteiger partial charge in [0, 0.05) is 33.0 Å². The number of H-pyrrole nitrogens is 2. The van der Waals surface area contributed by atoms with Crippen LogP contribution in [0, 0.1) is 6.92 Å². The molecule has 8 heteroatoms. The first kappa shape index (κ1) is 16.9. The molecule has 0 unspecified atom stereocenters. The van der Waals surface area contributed by atoms with Gasteiger partial charge in [-0.05, 0) is 37.3 Å². The summed E-state index contributed by atoms with van der Waals surface area (Å²) in [5.74, 6) is 0.683. The summed E-state index contributed by atoms with van der Waals surface area (Å²) >= 11 is 3.28. The lowest BCUT2D eigenvalue weighted by Crippen LogP contribution is -2.27. The molecule has 5 rings (SSSR count). The Hall–Kier alpha value is -2.29. The maximum absolute atomic E-state index is 12.5. The molecule has 1 fully saturated rings. The molecule has 4 heterocycles. The van der Waals surface area contributed by atoms with Crippen LogP contribution in [0.25, 0.3) is 20.7 Å². The summed E-state index contributed by atoms with van der Waals surface area (Å²) in [6, 6.07) is 6.31. The van der Waals surface area contributed by atoms with Crippen LogP contribution >= 0.6 is 22.7 Å². The maximum atomic E-state index is 12.5. The van der Waals surface area contributed by atoms with Gasteiger partial charge in [-0.25, -0.2) is 4.98 Å². The van der Waals surface area contributed by atoms with E-state index in [2.05, 4.69) is 43.0 Å². The predicted octanol–water partition coefficient (Wildman–Crippen LogP) is 3.57. The summed E-state index contributed by atoms with van der Waals surface area (Å²) < 4.78 is 0.659. The average molecular weight is 398 g/mol. The summed E-state index contributed by atoms with van der Waals surface area (Å²) in [5.41, 5.74) is 2.96. The molecule has 0 aliphatic heterocycles. The number of nitrogens with zero attached hydrogens (tertiary/aromatic N) is 2. The topological polar surface area (TPSA) is 86.5 Å². The molecule has 1 aliphatic rings. The lowest BCUT2D eigenvalue weighted by Gasteiger charge is -2.14. The number of nitrogens with one attached hydrogen (secondary N) is 3. The van der Waals surface area contributed by atoms with Gasteiger partial charge in [0.1, 0.15) is 10.5 Å². The van der Waals surface area contributed by atoms with E-state index < -0.39 is 0 Å². The van der Waals surface area contributed by atoms with E-state index in [9.17, 15) is 4.79 Å². The molecule has 0 saturated heterocycles. The molecule has 4 aromatic rings. The van der Waals surface area contributed by atoms with E-state index >= 15 is 0 Å². The highest BCUT2D eigenvalue weighted by atomic mass is 32.1. The Morgan fingerprint density at radius 1 is 1.37 bits per heavy atom. The Morgan fingerprint density at radius 3 is 2.96 bits per heavy atom. The third kappa shape index (κ3) is 3.03. The van der Waals surface area contributed by atoms with Gasteiger partial charge in [0.25, 0.3) is 5.56 Å². The van der Waals surface area contributed by atoms with Crippen LogP contribution in [-0.4, -0.2) is 26.7 Å². The van der Waals surface area contributed by atoms with Gasteiger partial charge in [-0.15, -0.1) is 22.7 Å². The van der Waals surface area contributed by atoms with Gasteiger partial charge in [0.05, 0.1) is 18.3 Å². The fourth-order valence-electron chi connectivity index (χ4n) is 3.47. The third-order valence-corrected chi connectivity index (χ3v) is 7.45. The normalized spacial score (nSPS) is 15.4. The van der Waals surface area contributed by atoms with Crippen LogP contribution in [0.2, 0.25) is 0 Å². The SMILES string of the molecule is Cc1[nH]ncc1-c1cc2nc(CNCC3(c4cccs4)CC3)[nH]c(=O)c2s1. The fraction of sp³-hybridized carbons (Fsp3) is 0.316. The molecular weight excluding hydrogens is 378 g/mol. The number of hydrogen-bond acceptors (Lipinski definition) is 6. The number of aryl methyl sites for hydroxylation is 1. The van der Waals surface area contributed by atoms with E-state index in [-0.39, 0.29) is 11.0 Å². The average Bonchev–Trinajstić information content (AvgIpc) is 3.06. The summed E-state index contributed by atoms with van der Waals surface area (Å²) in [7, 11) is 0. The zero-order valence-electron chi connectivity index (χ0n) is 14.8. The molecule has 27 heavy (non-hydrogen) atoms. The summed E-state index contributed by atoms with van der Waals surface area (Å²) in [4.78, 5) is 22.5. The third-order valence-electron chi connectivity index (χ3n) is 5.18. The van der Waals surface area contributed by atoms with Gasteiger partial charge in [-0.2, -0.15) is 5.10 Å². The first-order valence-corrected chi connectivity index (χ1v) is 10.6. The molecule has 0 atom stereocenters. The van der Waals surface area contributed by atoms with E-state index in [0.717, 1.165) is 28.2 Å². The van der Waals surface area contributed by atoms with Crippen molar-refractivity contribution in [2.45, 2.75) is 31.7 Å². The second-order valence-corrected chi connectivity index (χ2v) is 9.11. The molecule has 6 nitrogen and oxygen atoms in total. The van der Waals surface area contributed by atoms with E-state index in [1.54, 1.807) is 6.20 Å². The van der Waals surface area contributed by atoms with Gasteiger partial charge >= 0.3 is 0 Å². The zero-order valence-corrected chi connectivity index (χ0v) is 16.5. The standard InChI is InChI=1S/C19H19N5OS2/c1-11-12(8-21-24-11)14-7-13-17(27-14)18(25)23-16(22-13)9-20-10-19(4-5-19)15-3-2-6-26-15/h2-3,6-8,20H,4-5,9-10H2,1H3,(H,21,24)(H,22,23,25). The quantitative estimate of drug-likeness (QED) is 0.464. The van der Waals surface area contributed by atoms with Crippen LogP contribution in [0.4, 0.5) is 0 Å². The minimum atomic E-state index is -0.0754. The maximum Gasteiger partial charge on any atom is 0.268 e. The van der Waals surface area contributed by atoms with Gasteiger partial charge < -0.3 is 10.3 Å². The van der Waals surface area contributed by atoms with Crippen molar-refractivity contribution in [1.29, 1.82) is 0 Å². The Kier molecular flexibility index (Phi) is 3.99. The highest BCUT2D eigenvalue weighted by Crippen LogP contribution is 2.49. The van der Waals surface area contributed by atoms with Crippen molar-refractivity contribution in [1.82, 2.24) is 25.5 Å². The Morgan fingerprint density at radius 2 is 2.26 bits per heavy atom. The van der Waals surface area contributed by atoms with E-state index in [0.29, 0.717) is 17.1 Å². The minimum Gasteiger partial charge on any atom is -0.309 e. The largest absolute Gasteiger partial charge is 0.309 e. The molecule has 138 valence electrons. The minimum absolute atomic E-state index is 0.0754. The first-order chi connectivity index (χ1) is 13.1. The second kappa shape index (κ2) is 6.40. The molecule has 0 aromatic carbocycles. The van der Waals surface area contributed by atoms with Gasteiger partial charge in [0.2, 0.25) is 0 Å². The van der Waals surface area contributed by atoms with Gasteiger partial charge in [-0.1, -0.05) is 6.07 Å². The number of thiophene rings is 2. The first-order valence-electron chi connectivity index (χ1n) is 8.92. The van der Waals surface area contributed by atoms with Crippen molar-refractivity contribution < 1.29 is 0 Å². The van der Waals surface area contributed by atoms with Crippen LogP contribution in [-0.2, 0) is 12.0 Å². The molecule has 3 N–H and O–H groups in total. The number of rotatable bonds is 6. The molecule has 1 aliphatic carbocycles. The lowest BCUT2D eigenvalue weighted by molar-refractivity contribution is 0.570. The highest BCUT2D eigenvalue weighted by Gasteiger charge is 2.44. The Balaban J connectivity index is 1.35. The molecule has 0 radical (unpaired) electrons. The predicted molar refractivity (Wildman–Crippen MR) is 109 cm³/mol. The van der Waals surface area contributed by atoms with Crippen LogP contribution in [0.5, 0.6) is 0 Å². The van der Waals surface area contributed by atoms with Crippen molar-refractivity contribution in [3.05, 3.63) is 56.5 Å². The molecule has 1 saturated carbocycles. The van der Waals surface area contributed by atoms with Crippen LogP contribution in [0.3, 0.4) is 0 Å². The second-order valence-electron chi connectivity index (χ2n) is 7.11. The summed E-state index contributed by atoms with van der Waals surface area (Å²) in [5, 5.41) is 12.6. The molecule has 4 aromatic heterocycles.